The highest BCUT2D eigenvalue weighted by atomic mass is 32.2. The molecular formula is C20H21FN10O10PS-. The van der Waals surface area contributed by atoms with Crippen molar-refractivity contribution in [2.75, 3.05) is 18.9 Å². The number of nitrogens with zero attached hydrogens (tertiary/aromatic N) is 8. The fraction of sp³-hybridized carbons (Fsp3) is 0.550. The van der Waals surface area contributed by atoms with E-state index in [1.807, 2.05) is 0 Å². The number of aromatic nitrogens is 4. The van der Waals surface area contributed by atoms with Crippen LogP contribution in [0.25, 0.3) is 11.2 Å². The summed E-state index contributed by atoms with van der Waals surface area (Å²) in [5, 5.41) is 0. The van der Waals surface area contributed by atoms with Crippen molar-refractivity contribution in [3.05, 3.63) is 12.7 Å². The van der Waals surface area contributed by atoms with Crippen LogP contribution in [-0.2, 0) is 42.4 Å². The first-order chi connectivity index (χ1) is 20.5. The van der Waals surface area contributed by atoms with Gasteiger partial charge >= 0.3 is 10.3 Å². The lowest BCUT2D eigenvalue weighted by Gasteiger charge is -2.31. The van der Waals surface area contributed by atoms with Crippen LogP contribution in [-0.4, -0.2) is 113 Å². The van der Waals surface area contributed by atoms with Gasteiger partial charge in [-0.1, -0.05) is 0 Å². The number of nitrogens with two attached hydrogens (primary N) is 1. The number of carbonyl (C=O) groups is 1. The number of fused-ring (bicyclic) bond motifs is 4. The van der Waals surface area contributed by atoms with E-state index in [0.29, 0.717) is 0 Å². The molecular weight excluding hydrogens is 622 g/mol. The molecule has 5 aliphatic rings. The molecule has 2 aromatic rings. The van der Waals surface area contributed by atoms with Crippen molar-refractivity contribution < 1.29 is 49.8 Å². The summed E-state index contributed by atoms with van der Waals surface area (Å²) in [7, 11) is -9.79. The number of amidine groups is 1. The first-order valence-electron chi connectivity index (χ1n) is 12.7. The van der Waals surface area contributed by atoms with Gasteiger partial charge in [-0.25, -0.2) is 24.3 Å². The monoisotopic (exact) mass is 643 g/mol. The molecule has 3 N–H and O–H groups in total. The number of hydrogen-bond acceptors (Lipinski definition) is 17. The molecule has 43 heavy (non-hydrogen) atoms. The SMILES string of the molecule is Nc1ncnc2c1ncn2[C@@H]1O[C@@H]2CNS(=O)(=O)O[C@H]3C[C@H](N4C=NC5C(=O)N=CN=C54)O[C@@H]3COP(=O)([O-])O[C@H]2[C@H]1F. The number of hydrogen-bond donors (Lipinski definition) is 2. The third kappa shape index (κ3) is 5.13. The van der Waals surface area contributed by atoms with Crippen molar-refractivity contribution >= 4 is 59.5 Å². The number of carbonyl (C=O) groups excluding carboxylic acids is 1. The molecule has 0 spiro atoms. The summed E-state index contributed by atoms with van der Waals surface area (Å²) in [5.74, 6) is -0.345. The van der Waals surface area contributed by atoms with Crippen LogP contribution >= 0.6 is 7.82 Å². The molecule has 0 radical (unpaired) electrons. The molecule has 7 rings (SSSR count). The number of nitrogens with one attached hydrogen (secondary N) is 1. The quantitative estimate of drug-likeness (QED) is 0.322. The van der Waals surface area contributed by atoms with Crippen molar-refractivity contribution in [2.45, 2.75) is 55.5 Å². The van der Waals surface area contributed by atoms with Gasteiger partial charge in [-0.05, 0) is 0 Å². The van der Waals surface area contributed by atoms with E-state index in [9.17, 15) is 22.7 Å². The van der Waals surface area contributed by atoms with E-state index in [2.05, 4.69) is 34.7 Å². The Morgan fingerprint density at radius 1 is 1.19 bits per heavy atom. The third-order valence-corrected chi connectivity index (χ3v) is 9.22. The first kappa shape index (κ1) is 28.4. The smallest absolute Gasteiger partial charge is 0.336 e. The van der Waals surface area contributed by atoms with E-state index in [4.69, 9.17) is 28.4 Å². The molecule has 2 aromatic heterocycles. The van der Waals surface area contributed by atoms with Crippen LogP contribution in [0.2, 0.25) is 0 Å². The lowest BCUT2D eigenvalue weighted by Crippen LogP contribution is -2.44. The second-order valence-corrected chi connectivity index (χ2v) is 12.6. The minimum atomic E-state index is -5.24. The number of aliphatic imine (C=N–C) groups is 3. The molecule has 9 atom stereocenters. The van der Waals surface area contributed by atoms with E-state index in [0.717, 1.165) is 17.2 Å². The van der Waals surface area contributed by atoms with E-state index in [1.54, 1.807) is 0 Å². The van der Waals surface area contributed by atoms with E-state index in [-0.39, 0.29) is 29.2 Å². The molecule has 0 aliphatic carbocycles. The van der Waals surface area contributed by atoms with Gasteiger partial charge in [-0.2, -0.15) is 18.1 Å². The van der Waals surface area contributed by atoms with Crippen molar-refractivity contribution in [1.82, 2.24) is 29.1 Å². The van der Waals surface area contributed by atoms with Gasteiger partial charge in [-0.15, -0.1) is 0 Å². The highest BCUT2D eigenvalue weighted by molar-refractivity contribution is 7.84. The Hall–Kier alpha value is -3.34. The van der Waals surface area contributed by atoms with Crippen LogP contribution in [0.5, 0.6) is 0 Å². The summed E-state index contributed by atoms with van der Waals surface area (Å²) in [4.78, 5) is 49.8. The maximum Gasteiger partial charge on any atom is 0.336 e. The average Bonchev–Trinajstić information content (AvgIpc) is 3.72. The van der Waals surface area contributed by atoms with Crippen LogP contribution in [0.3, 0.4) is 0 Å². The molecule has 3 saturated heterocycles. The molecule has 0 aromatic carbocycles. The van der Waals surface area contributed by atoms with Crippen LogP contribution in [0.15, 0.2) is 27.6 Å². The number of phosphoric acid groups is 1. The molecule has 3 fully saturated rings. The molecule has 5 aliphatic heterocycles. The van der Waals surface area contributed by atoms with Gasteiger partial charge < -0.3 is 29.1 Å². The van der Waals surface area contributed by atoms with E-state index < -0.39 is 86.3 Å². The zero-order valence-electron chi connectivity index (χ0n) is 21.5. The Kier molecular flexibility index (Phi) is 6.87. The van der Waals surface area contributed by atoms with Crippen LogP contribution in [0, 0.1) is 0 Å². The average molecular weight is 643 g/mol. The van der Waals surface area contributed by atoms with Gasteiger partial charge in [0.1, 0.15) is 54.7 Å². The molecule has 23 heteroatoms. The normalized spacial score (nSPS) is 39.2. The highest BCUT2D eigenvalue weighted by Crippen LogP contribution is 2.47. The molecule has 20 nitrogen and oxygen atoms in total. The predicted octanol–water partition coefficient (Wildman–Crippen LogP) is -2.46. The number of anilines is 1. The fourth-order valence-electron chi connectivity index (χ4n) is 5.27. The minimum absolute atomic E-state index is 0.0168. The molecule has 230 valence electrons. The van der Waals surface area contributed by atoms with Crippen LogP contribution < -0.4 is 15.3 Å². The van der Waals surface area contributed by atoms with Gasteiger partial charge in [-0.3, -0.25) is 28.0 Å². The minimum Gasteiger partial charge on any atom is -0.756 e. The third-order valence-electron chi connectivity index (χ3n) is 7.24. The zero-order valence-corrected chi connectivity index (χ0v) is 23.2. The van der Waals surface area contributed by atoms with Crippen molar-refractivity contribution in [3.8, 4) is 0 Å². The number of rotatable bonds is 2. The number of ether oxygens (including phenoxy) is 2. The highest BCUT2D eigenvalue weighted by Gasteiger charge is 2.51. The Bertz CT molecular complexity index is 1720. The number of amides is 1. The molecule has 2 unspecified atom stereocenters. The Labute approximate surface area is 240 Å². The van der Waals surface area contributed by atoms with Crippen molar-refractivity contribution in [1.29, 1.82) is 0 Å². The lowest BCUT2D eigenvalue weighted by atomic mass is 10.1. The molecule has 0 bridgehead atoms. The maximum absolute atomic E-state index is 15.8. The van der Waals surface area contributed by atoms with Crippen molar-refractivity contribution in [2.24, 2.45) is 15.0 Å². The van der Waals surface area contributed by atoms with Gasteiger partial charge in [0.05, 0.1) is 19.3 Å². The predicted molar refractivity (Wildman–Crippen MR) is 137 cm³/mol. The number of alkyl halides is 1. The molecule has 0 saturated carbocycles. The second kappa shape index (κ2) is 10.4. The lowest BCUT2D eigenvalue weighted by molar-refractivity contribution is -0.235. The number of nitrogen functional groups attached to an aromatic ring is 1. The summed E-state index contributed by atoms with van der Waals surface area (Å²) in [6, 6.07) is -0.986. The summed E-state index contributed by atoms with van der Waals surface area (Å²) >= 11 is 0. The number of halogens is 1. The van der Waals surface area contributed by atoms with Gasteiger partial charge in [0.25, 0.3) is 13.7 Å². The maximum atomic E-state index is 15.8. The first-order valence-corrected chi connectivity index (χ1v) is 15.5. The van der Waals surface area contributed by atoms with Crippen molar-refractivity contribution in [3.63, 3.8) is 0 Å². The summed E-state index contributed by atoms with van der Waals surface area (Å²) < 4.78 is 84.9. The van der Waals surface area contributed by atoms with Gasteiger partial charge in [0.2, 0.25) is 0 Å². The van der Waals surface area contributed by atoms with E-state index >= 15 is 4.39 Å². The topological polar surface area (TPSA) is 259 Å². The van der Waals surface area contributed by atoms with Crippen LogP contribution in [0.4, 0.5) is 10.2 Å². The summed E-state index contributed by atoms with van der Waals surface area (Å²) in [6.07, 6.45) is -5.99. The molecule has 1 amide bonds. The standard InChI is InChI=1S/C20H22FN10O10PS/c21-12-15-9(39-20(12)31-7-27-13-16(22)23-4-24-17(13)31)2-29-43(35,36)41-8-1-11(38-10(8)3-37-42(33,34)40-15)30-6-28-14-18(30)25-5-26-19(14)32/h4-12,14-15,20,29H,1-3H2,(H,33,34)(H2,22,23,24)/p-1/t8-,9+,10+,11+,12+,14?,15+,20+/m0/s1. The Morgan fingerprint density at radius 2 is 2.02 bits per heavy atom. The number of imidazole rings is 1. The number of phosphoric ester groups is 1. The Morgan fingerprint density at radius 3 is 2.86 bits per heavy atom. The van der Waals surface area contributed by atoms with Crippen LogP contribution in [0.1, 0.15) is 12.6 Å². The second-order valence-electron chi connectivity index (χ2n) is 9.85. The zero-order chi connectivity index (χ0) is 30.1. The largest absolute Gasteiger partial charge is 0.756 e. The van der Waals surface area contributed by atoms with Gasteiger partial charge in [0, 0.05) is 13.0 Å². The van der Waals surface area contributed by atoms with Gasteiger partial charge in [0.15, 0.2) is 29.9 Å². The summed E-state index contributed by atoms with van der Waals surface area (Å²) in [6.45, 7) is -1.40. The molecule has 7 heterocycles. The summed E-state index contributed by atoms with van der Waals surface area (Å²) in [5.41, 5.74) is 6.03. The fourth-order valence-corrected chi connectivity index (χ4v) is 7.17. The van der Waals surface area contributed by atoms with E-state index in [1.165, 1.54) is 17.6 Å². The Balaban J connectivity index is 1.12.